The van der Waals surface area contributed by atoms with Gasteiger partial charge in [0.15, 0.2) is 0 Å². The number of hydrogen-bond acceptors (Lipinski definition) is 5. The van der Waals surface area contributed by atoms with Crippen LogP contribution in [0.3, 0.4) is 0 Å². The molecule has 0 aliphatic carbocycles. The Morgan fingerprint density at radius 1 is 1.31 bits per heavy atom. The summed E-state index contributed by atoms with van der Waals surface area (Å²) in [7, 11) is 0. The Bertz CT molecular complexity index is 731. The Hall–Kier alpha value is -2.41. The fraction of sp³-hybridized carbons (Fsp3) is 0.526. The van der Waals surface area contributed by atoms with Gasteiger partial charge in [-0.15, -0.1) is 0 Å². The van der Waals surface area contributed by atoms with Crippen molar-refractivity contribution in [1.82, 2.24) is 19.9 Å². The van der Waals surface area contributed by atoms with E-state index in [9.17, 15) is 4.79 Å². The number of fused-ring (bicyclic) bond motifs is 1. The number of aryl methyl sites for hydroxylation is 1. The molecule has 0 bridgehead atoms. The molecule has 0 aromatic carbocycles. The number of carbonyl (C=O) groups is 1. The molecular formula is C19H25N5O2. The van der Waals surface area contributed by atoms with Crippen LogP contribution in [0.5, 0.6) is 0 Å². The minimum absolute atomic E-state index is 0.0755. The summed E-state index contributed by atoms with van der Waals surface area (Å²) in [5.41, 5.74) is 1.86. The lowest BCUT2D eigenvalue weighted by Crippen LogP contribution is -2.49. The van der Waals surface area contributed by atoms with Gasteiger partial charge in [0.25, 0.3) is 5.91 Å². The van der Waals surface area contributed by atoms with Gasteiger partial charge in [0, 0.05) is 56.9 Å². The Labute approximate surface area is 153 Å². The quantitative estimate of drug-likeness (QED) is 0.908. The number of carbonyl (C=O) groups excluding carboxylic acids is 1. The molecular weight excluding hydrogens is 330 g/mol. The molecule has 0 saturated carbocycles. The molecule has 2 fully saturated rings. The van der Waals surface area contributed by atoms with Crippen LogP contribution < -0.4 is 4.90 Å². The van der Waals surface area contributed by atoms with Gasteiger partial charge in [0.05, 0.1) is 18.3 Å². The van der Waals surface area contributed by atoms with Crippen molar-refractivity contribution in [3.05, 3.63) is 42.0 Å². The van der Waals surface area contributed by atoms with Crippen LogP contribution in [0.15, 0.2) is 30.9 Å². The van der Waals surface area contributed by atoms with E-state index in [1.54, 1.807) is 12.4 Å². The maximum absolute atomic E-state index is 12.6. The van der Waals surface area contributed by atoms with E-state index >= 15 is 0 Å². The number of aromatic nitrogens is 3. The van der Waals surface area contributed by atoms with E-state index in [1.807, 2.05) is 23.4 Å². The first-order valence-corrected chi connectivity index (χ1v) is 9.34. The number of anilines is 1. The van der Waals surface area contributed by atoms with Crippen LogP contribution in [-0.4, -0.2) is 64.6 Å². The third kappa shape index (κ3) is 3.44. The number of H-pyrrole nitrogens is 1. The van der Waals surface area contributed by atoms with E-state index in [-0.39, 0.29) is 12.0 Å². The molecule has 4 rings (SSSR count). The molecule has 4 heterocycles. The van der Waals surface area contributed by atoms with Gasteiger partial charge in [-0.25, -0.2) is 9.97 Å². The third-order valence-electron chi connectivity index (χ3n) is 5.36. The summed E-state index contributed by atoms with van der Waals surface area (Å²) < 4.78 is 6.10. The first-order chi connectivity index (χ1) is 12.7. The van der Waals surface area contributed by atoms with Gasteiger partial charge >= 0.3 is 0 Å². The van der Waals surface area contributed by atoms with Gasteiger partial charge in [-0.05, 0) is 24.5 Å². The van der Waals surface area contributed by atoms with Crippen molar-refractivity contribution in [2.75, 3.05) is 37.7 Å². The summed E-state index contributed by atoms with van der Waals surface area (Å²) in [6.07, 6.45) is 9.30. The number of nitrogens with zero attached hydrogens (tertiary/aromatic N) is 4. The SMILES string of the molecule is CCc1cnc(N2CCO[C@@H]3CN(C(=O)c4cc[nH]c4)CC[C@@H]3C2)nc1. The largest absolute Gasteiger partial charge is 0.374 e. The van der Waals surface area contributed by atoms with Crippen LogP contribution in [0.1, 0.15) is 29.3 Å². The van der Waals surface area contributed by atoms with Crippen LogP contribution in [-0.2, 0) is 11.2 Å². The lowest BCUT2D eigenvalue weighted by Gasteiger charge is -2.37. The number of nitrogens with one attached hydrogen (secondary N) is 1. The fourth-order valence-electron chi connectivity index (χ4n) is 3.75. The molecule has 0 radical (unpaired) electrons. The minimum atomic E-state index is 0.0755. The second kappa shape index (κ2) is 7.45. The monoisotopic (exact) mass is 355 g/mol. The maximum atomic E-state index is 12.6. The molecule has 0 spiro atoms. The van der Waals surface area contributed by atoms with Crippen LogP contribution in [0.4, 0.5) is 5.95 Å². The van der Waals surface area contributed by atoms with Crippen molar-refractivity contribution in [1.29, 1.82) is 0 Å². The molecule has 138 valence electrons. The molecule has 26 heavy (non-hydrogen) atoms. The van der Waals surface area contributed by atoms with Crippen LogP contribution in [0.2, 0.25) is 0 Å². The molecule has 2 aromatic rings. The van der Waals surface area contributed by atoms with Crippen molar-refractivity contribution in [2.45, 2.75) is 25.9 Å². The van der Waals surface area contributed by atoms with E-state index in [4.69, 9.17) is 4.74 Å². The topological polar surface area (TPSA) is 74.3 Å². The molecule has 0 unspecified atom stereocenters. The number of amides is 1. The Kier molecular flexibility index (Phi) is 4.88. The predicted molar refractivity (Wildman–Crippen MR) is 98.2 cm³/mol. The highest BCUT2D eigenvalue weighted by Crippen LogP contribution is 2.26. The highest BCUT2D eigenvalue weighted by Gasteiger charge is 2.35. The van der Waals surface area contributed by atoms with Crippen molar-refractivity contribution in [2.24, 2.45) is 5.92 Å². The molecule has 2 saturated heterocycles. The van der Waals surface area contributed by atoms with Gasteiger partial charge in [0.1, 0.15) is 0 Å². The zero-order chi connectivity index (χ0) is 17.9. The Balaban J connectivity index is 1.42. The number of aromatic amines is 1. The second-order valence-corrected chi connectivity index (χ2v) is 7.00. The van der Waals surface area contributed by atoms with Crippen molar-refractivity contribution >= 4 is 11.9 Å². The number of piperidine rings is 1. The van der Waals surface area contributed by atoms with Crippen molar-refractivity contribution in [3.8, 4) is 0 Å². The highest BCUT2D eigenvalue weighted by atomic mass is 16.5. The molecule has 2 aromatic heterocycles. The van der Waals surface area contributed by atoms with E-state index in [0.717, 1.165) is 44.0 Å². The van der Waals surface area contributed by atoms with Crippen molar-refractivity contribution in [3.63, 3.8) is 0 Å². The third-order valence-corrected chi connectivity index (χ3v) is 5.36. The highest BCUT2D eigenvalue weighted by molar-refractivity contribution is 5.94. The van der Waals surface area contributed by atoms with Crippen LogP contribution >= 0.6 is 0 Å². The second-order valence-electron chi connectivity index (χ2n) is 7.00. The first kappa shape index (κ1) is 17.0. The van der Waals surface area contributed by atoms with Gasteiger partial charge in [-0.1, -0.05) is 6.92 Å². The Morgan fingerprint density at radius 2 is 2.15 bits per heavy atom. The average Bonchev–Trinajstić information content (AvgIpc) is 3.14. The van der Waals surface area contributed by atoms with Gasteiger partial charge in [0.2, 0.25) is 5.95 Å². The van der Waals surface area contributed by atoms with Crippen LogP contribution in [0, 0.1) is 5.92 Å². The van der Waals surface area contributed by atoms with Crippen LogP contribution in [0.25, 0.3) is 0 Å². The number of rotatable bonds is 3. The normalized spacial score (nSPS) is 23.4. The molecule has 1 N–H and O–H groups in total. The zero-order valence-electron chi connectivity index (χ0n) is 15.1. The van der Waals surface area contributed by atoms with E-state index < -0.39 is 0 Å². The summed E-state index contributed by atoms with van der Waals surface area (Å²) in [4.78, 5) is 28.7. The first-order valence-electron chi connectivity index (χ1n) is 9.34. The maximum Gasteiger partial charge on any atom is 0.255 e. The Morgan fingerprint density at radius 3 is 2.88 bits per heavy atom. The lowest BCUT2D eigenvalue weighted by atomic mass is 9.93. The lowest BCUT2D eigenvalue weighted by molar-refractivity contribution is -0.0169. The minimum Gasteiger partial charge on any atom is -0.374 e. The molecule has 7 nitrogen and oxygen atoms in total. The molecule has 2 aliphatic rings. The summed E-state index contributed by atoms with van der Waals surface area (Å²) in [5, 5.41) is 0. The summed E-state index contributed by atoms with van der Waals surface area (Å²) in [6, 6.07) is 1.82. The molecule has 2 aliphatic heterocycles. The standard InChI is InChI=1S/C19H25N5O2/c1-2-14-9-21-19(22-10-14)24-7-8-26-17-13-23(6-4-16(17)12-24)18(25)15-3-5-20-11-15/h3,5,9-11,16-17,20H,2,4,6-8,12-13H2,1H3/t16-,17-/m1/s1. The van der Waals surface area contributed by atoms with E-state index in [1.165, 1.54) is 0 Å². The smallest absolute Gasteiger partial charge is 0.255 e. The van der Waals surface area contributed by atoms with Gasteiger partial charge in [-0.2, -0.15) is 0 Å². The molecule has 7 heteroatoms. The van der Waals surface area contributed by atoms with E-state index in [0.29, 0.717) is 24.6 Å². The van der Waals surface area contributed by atoms with Gasteiger partial charge < -0.3 is 19.5 Å². The summed E-state index contributed by atoms with van der Waals surface area (Å²) in [6.45, 7) is 5.81. The molecule has 1 amide bonds. The van der Waals surface area contributed by atoms with Crippen molar-refractivity contribution < 1.29 is 9.53 Å². The number of hydrogen-bond donors (Lipinski definition) is 1. The van der Waals surface area contributed by atoms with Gasteiger partial charge in [-0.3, -0.25) is 4.79 Å². The molecule has 2 atom stereocenters. The zero-order valence-corrected chi connectivity index (χ0v) is 15.1. The fourth-order valence-corrected chi connectivity index (χ4v) is 3.75. The number of ether oxygens (including phenoxy) is 1. The summed E-state index contributed by atoms with van der Waals surface area (Å²) >= 11 is 0. The summed E-state index contributed by atoms with van der Waals surface area (Å²) in [5.74, 6) is 1.24. The number of likely N-dealkylation sites (tertiary alicyclic amines) is 1. The van der Waals surface area contributed by atoms with E-state index in [2.05, 4.69) is 26.8 Å². The predicted octanol–water partition coefficient (Wildman–Crippen LogP) is 1.73. The average molecular weight is 355 g/mol.